The van der Waals surface area contributed by atoms with Gasteiger partial charge in [-0.05, 0) is 117 Å². The van der Waals surface area contributed by atoms with Gasteiger partial charge < -0.3 is 24.1 Å². The molecule has 262 valence electrons. The molecule has 0 heterocycles. The summed E-state index contributed by atoms with van der Waals surface area (Å²) in [4.78, 5) is 22.9. The molecule has 3 aromatic rings. The highest BCUT2D eigenvalue weighted by atomic mass is 16.5. The van der Waals surface area contributed by atoms with Crippen LogP contribution >= 0.6 is 0 Å². The highest BCUT2D eigenvalue weighted by molar-refractivity contribution is 5.88. The summed E-state index contributed by atoms with van der Waals surface area (Å²) in [6.07, 6.45) is 12.7. The van der Waals surface area contributed by atoms with Crippen molar-refractivity contribution in [3.05, 3.63) is 108 Å². The summed E-state index contributed by atoms with van der Waals surface area (Å²) in [5, 5.41) is 8.89. The third kappa shape index (κ3) is 14.6. The molecule has 0 amide bonds. The number of carbonyl (C=O) groups excluding carboxylic acids is 2. The van der Waals surface area contributed by atoms with Gasteiger partial charge >= 0.3 is 11.9 Å². The monoisotopic (exact) mass is 668 g/mol. The lowest BCUT2D eigenvalue weighted by Gasteiger charge is -2.11. The second-order valence-corrected chi connectivity index (χ2v) is 12.0. The van der Waals surface area contributed by atoms with Gasteiger partial charge in [0.1, 0.15) is 11.5 Å². The normalized spacial score (nSPS) is 10.9. The molecule has 1 N–H and O–H groups in total. The van der Waals surface area contributed by atoms with Gasteiger partial charge in [0.05, 0.1) is 38.6 Å². The summed E-state index contributed by atoms with van der Waals surface area (Å²) in [6.45, 7) is 12.6. The quantitative estimate of drug-likeness (QED) is 0.0466. The maximum absolute atomic E-state index is 11.5. The van der Waals surface area contributed by atoms with Gasteiger partial charge in [-0.2, -0.15) is 0 Å². The van der Waals surface area contributed by atoms with Crippen molar-refractivity contribution < 1.29 is 33.6 Å². The predicted molar refractivity (Wildman–Crippen MR) is 198 cm³/mol. The van der Waals surface area contributed by atoms with Crippen LogP contribution in [0.4, 0.5) is 0 Å². The van der Waals surface area contributed by atoms with Crippen LogP contribution in [0.2, 0.25) is 0 Å². The van der Waals surface area contributed by atoms with E-state index >= 15 is 0 Å². The maximum atomic E-state index is 11.5. The molecule has 3 rings (SSSR count). The van der Waals surface area contributed by atoms with Gasteiger partial charge in [-0.1, -0.05) is 74.7 Å². The number of aryl methyl sites for hydroxylation is 1. The Hall–Kier alpha value is -4.62. The van der Waals surface area contributed by atoms with E-state index in [0.717, 1.165) is 86.0 Å². The minimum atomic E-state index is -0.532. The predicted octanol–water partition coefficient (Wildman–Crippen LogP) is 9.18. The van der Waals surface area contributed by atoms with Crippen LogP contribution in [0.3, 0.4) is 0 Å². The maximum Gasteiger partial charge on any atom is 0.335 e. The molecule has 0 bridgehead atoms. The minimum Gasteiger partial charge on any atom is -0.494 e. The van der Waals surface area contributed by atoms with Crippen molar-refractivity contribution in [2.75, 3.05) is 33.0 Å². The van der Waals surface area contributed by atoms with Crippen LogP contribution in [0.25, 0.3) is 23.3 Å². The first-order valence-electron chi connectivity index (χ1n) is 17.4. The number of hydrogen-bond acceptors (Lipinski definition) is 7. The van der Waals surface area contributed by atoms with E-state index in [1.165, 1.54) is 11.1 Å². The van der Waals surface area contributed by atoms with Crippen LogP contribution in [0.1, 0.15) is 81.9 Å². The van der Waals surface area contributed by atoms with Gasteiger partial charge in [0.15, 0.2) is 0 Å². The molecule has 7 nitrogen and oxygen atoms in total. The molecule has 7 heteroatoms. The molecule has 3 aromatic carbocycles. The van der Waals surface area contributed by atoms with Crippen LogP contribution < -0.4 is 9.47 Å². The second kappa shape index (κ2) is 22.1. The zero-order valence-electron chi connectivity index (χ0n) is 29.2. The lowest BCUT2D eigenvalue weighted by molar-refractivity contribution is -0.140. The zero-order chi connectivity index (χ0) is 35.3. The van der Waals surface area contributed by atoms with Crippen molar-refractivity contribution in [3.8, 4) is 22.6 Å². The molecule has 0 fully saturated rings. The molecule has 0 saturated heterocycles. The van der Waals surface area contributed by atoms with Crippen molar-refractivity contribution in [1.82, 2.24) is 0 Å². The number of benzene rings is 3. The molecule has 0 spiro atoms. The van der Waals surface area contributed by atoms with E-state index < -0.39 is 5.97 Å². The number of aliphatic hydroxyl groups is 1. The number of aliphatic hydroxyl groups excluding tert-OH is 1. The van der Waals surface area contributed by atoms with Gasteiger partial charge in [0, 0.05) is 5.57 Å². The summed E-state index contributed by atoms with van der Waals surface area (Å²) in [7, 11) is 0. The van der Waals surface area contributed by atoms with E-state index in [2.05, 4.69) is 74.7 Å². The van der Waals surface area contributed by atoms with Crippen molar-refractivity contribution >= 4 is 24.1 Å². The number of esters is 2. The molecule has 0 saturated carbocycles. The molecular formula is C42H52O7. The summed E-state index contributed by atoms with van der Waals surface area (Å²) in [5.74, 6) is 0.863. The molecule has 0 aliphatic carbocycles. The molecule has 0 radical (unpaired) electrons. The summed E-state index contributed by atoms with van der Waals surface area (Å²) in [5.41, 5.74) is 6.47. The van der Waals surface area contributed by atoms with Crippen LogP contribution in [0.15, 0.2) is 91.0 Å². The smallest absolute Gasteiger partial charge is 0.335 e. The molecule has 0 aromatic heterocycles. The third-order valence-corrected chi connectivity index (χ3v) is 7.93. The van der Waals surface area contributed by atoms with E-state index in [9.17, 15) is 9.59 Å². The fourth-order valence-electron chi connectivity index (χ4n) is 5.00. The Kier molecular flexibility index (Phi) is 17.5. The number of carbonyl (C=O) groups is 2. The van der Waals surface area contributed by atoms with Crippen LogP contribution in [0, 0.1) is 0 Å². The Labute approximate surface area is 292 Å². The van der Waals surface area contributed by atoms with Gasteiger partial charge in [0.2, 0.25) is 0 Å². The standard InChI is InChI=1S/C42H52O7/c1-5-36-30-35(15-14-34-16-21-38(22-17-34)46-26-10-6-8-12-28-48-41(44)32(2)3)18-25-40(36)37-19-23-39(24-20-37)47-27-11-7-9-13-29-49-42(45)33(4)31-43/h14-25,30,43H,2,4-13,26-29,31H2,1,3H3/b15-14+. The van der Waals surface area contributed by atoms with E-state index in [1.807, 2.05) is 24.3 Å². The molecule has 49 heavy (non-hydrogen) atoms. The third-order valence-electron chi connectivity index (χ3n) is 7.93. The van der Waals surface area contributed by atoms with E-state index in [1.54, 1.807) is 6.92 Å². The summed E-state index contributed by atoms with van der Waals surface area (Å²) >= 11 is 0. The second-order valence-electron chi connectivity index (χ2n) is 12.0. The van der Waals surface area contributed by atoms with Crippen molar-refractivity contribution in [1.29, 1.82) is 0 Å². The Morgan fingerprint density at radius 2 is 1.14 bits per heavy atom. The highest BCUT2D eigenvalue weighted by Gasteiger charge is 2.08. The topological polar surface area (TPSA) is 91.3 Å². The first kappa shape index (κ1) is 38.8. The van der Waals surface area contributed by atoms with Gasteiger partial charge in [0.25, 0.3) is 0 Å². The molecule has 0 aliphatic heterocycles. The van der Waals surface area contributed by atoms with Gasteiger partial charge in [-0.15, -0.1) is 0 Å². The fourth-order valence-corrected chi connectivity index (χ4v) is 5.00. The van der Waals surface area contributed by atoms with Gasteiger partial charge in [-0.25, -0.2) is 9.59 Å². The fraction of sp³-hybridized carbons (Fsp3) is 0.381. The first-order valence-corrected chi connectivity index (χ1v) is 17.4. The molecular weight excluding hydrogens is 616 g/mol. The lowest BCUT2D eigenvalue weighted by atomic mass is 9.95. The SMILES string of the molecule is C=C(C)C(=O)OCCCCCCOc1ccc(/C=C/c2ccc(-c3ccc(OCCCCCCOC(=O)C(=C)CO)cc3)c(CC)c2)cc1. The molecule has 0 aliphatic rings. The minimum absolute atomic E-state index is 0.0822. The number of ether oxygens (including phenoxy) is 4. The van der Waals surface area contributed by atoms with Gasteiger partial charge in [-0.3, -0.25) is 0 Å². The number of unbranched alkanes of at least 4 members (excludes halogenated alkanes) is 6. The number of rotatable bonds is 23. The number of hydrogen-bond donors (Lipinski definition) is 1. The Morgan fingerprint density at radius 3 is 1.67 bits per heavy atom. The average Bonchev–Trinajstić information content (AvgIpc) is 3.12. The highest BCUT2D eigenvalue weighted by Crippen LogP contribution is 2.28. The van der Waals surface area contributed by atoms with Crippen LogP contribution in [0.5, 0.6) is 11.5 Å². The largest absolute Gasteiger partial charge is 0.494 e. The van der Waals surface area contributed by atoms with Crippen molar-refractivity contribution in [2.45, 2.75) is 71.6 Å². The molecule has 0 atom stereocenters. The Morgan fingerprint density at radius 1 is 0.653 bits per heavy atom. The Bertz CT molecular complexity index is 1500. The zero-order valence-corrected chi connectivity index (χ0v) is 29.2. The van der Waals surface area contributed by atoms with Crippen LogP contribution in [-0.2, 0) is 25.5 Å². The van der Waals surface area contributed by atoms with E-state index in [-0.39, 0.29) is 18.1 Å². The van der Waals surface area contributed by atoms with Crippen LogP contribution in [-0.4, -0.2) is 50.1 Å². The van der Waals surface area contributed by atoms with Crippen molar-refractivity contribution in [3.63, 3.8) is 0 Å². The van der Waals surface area contributed by atoms with Crippen molar-refractivity contribution in [2.24, 2.45) is 0 Å². The van der Waals surface area contributed by atoms with E-state index in [0.29, 0.717) is 32.0 Å². The Balaban J connectivity index is 1.37. The summed E-state index contributed by atoms with van der Waals surface area (Å²) < 4.78 is 22.0. The average molecular weight is 669 g/mol. The summed E-state index contributed by atoms with van der Waals surface area (Å²) in [6, 6.07) is 23.0. The van der Waals surface area contributed by atoms with E-state index in [4.69, 9.17) is 24.1 Å². The molecule has 0 unspecified atom stereocenters. The first-order chi connectivity index (χ1) is 23.8. The lowest BCUT2D eigenvalue weighted by Crippen LogP contribution is -2.10.